The molecule has 0 fully saturated rings. The van der Waals surface area contributed by atoms with Crippen LogP contribution in [0.3, 0.4) is 0 Å². The van der Waals surface area contributed by atoms with E-state index in [0.717, 1.165) is 17.2 Å². The lowest BCUT2D eigenvalue weighted by molar-refractivity contribution is 0.104. The van der Waals surface area contributed by atoms with E-state index in [1.54, 1.807) is 6.07 Å². The highest BCUT2D eigenvalue weighted by Crippen LogP contribution is 2.22. The maximum Gasteiger partial charge on any atom is 0.209 e. The molecule has 0 aromatic carbocycles. The van der Waals surface area contributed by atoms with Crippen LogP contribution in [0.5, 0.6) is 0 Å². The Morgan fingerprint density at radius 3 is 2.93 bits per heavy atom. The second-order valence-electron chi connectivity index (χ2n) is 3.48. The quantitative estimate of drug-likeness (QED) is 0.748. The molecular formula is C10H10N2O2S. The van der Waals surface area contributed by atoms with E-state index in [2.05, 4.69) is 9.59 Å². The van der Waals surface area contributed by atoms with E-state index in [-0.39, 0.29) is 11.7 Å². The first kappa shape index (κ1) is 10.0. The zero-order valence-corrected chi connectivity index (χ0v) is 9.25. The number of hydrogen-bond donors (Lipinski definition) is 0. The maximum absolute atomic E-state index is 12.0. The number of rotatable bonds is 3. The molecule has 0 spiro atoms. The fourth-order valence-electron chi connectivity index (χ4n) is 1.26. The van der Waals surface area contributed by atoms with Crippen LogP contribution in [0, 0.1) is 0 Å². The van der Waals surface area contributed by atoms with Crippen molar-refractivity contribution in [3.63, 3.8) is 0 Å². The van der Waals surface area contributed by atoms with Gasteiger partial charge in [-0.25, -0.2) is 0 Å². The van der Waals surface area contributed by atoms with E-state index in [9.17, 15) is 4.79 Å². The number of carbonyl (C=O) groups is 1. The fourth-order valence-corrected chi connectivity index (χ4v) is 2.04. The molecule has 2 heterocycles. The Bertz CT molecular complexity index is 459. The molecule has 0 N–H and O–H groups in total. The third-order valence-corrected chi connectivity index (χ3v) is 2.79. The molecule has 0 aliphatic rings. The minimum atomic E-state index is -0.0672. The number of hydrogen-bond acceptors (Lipinski definition) is 5. The summed E-state index contributed by atoms with van der Waals surface area (Å²) in [5.41, 5.74) is 1.30. The van der Waals surface area contributed by atoms with Crippen molar-refractivity contribution in [1.82, 2.24) is 9.59 Å². The Balaban J connectivity index is 2.38. The molecule has 15 heavy (non-hydrogen) atoms. The normalized spacial score (nSPS) is 10.9. The van der Waals surface area contributed by atoms with E-state index in [1.807, 2.05) is 13.8 Å². The zero-order valence-electron chi connectivity index (χ0n) is 8.43. The van der Waals surface area contributed by atoms with E-state index in [4.69, 9.17) is 4.42 Å². The first-order valence-corrected chi connectivity index (χ1v) is 5.36. The number of nitrogens with zero attached hydrogens (tertiary/aromatic N) is 2. The number of carbonyl (C=O) groups excluding carboxylic acids is 1. The maximum atomic E-state index is 12.0. The number of furan rings is 1. The Morgan fingerprint density at radius 1 is 1.53 bits per heavy atom. The second-order valence-corrected chi connectivity index (χ2v) is 4.24. The van der Waals surface area contributed by atoms with Gasteiger partial charge >= 0.3 is 0 Å². The monoisotopic (exact) mass is 222 g/mol. The van der Waals surface area contributed by atoms with Crippen LogP contribution in [-0.4, -0.2) is 15.4 Å². The molecule has 2 rings (SSSR count). The molecule has 0 unspecified atom stereocenters. The largest absolute Gasteiger partial charge is 0.472 e. The van der Waals surface area contributed by atoms with Crippen molar-refractivity contribution in [1.29, 1.82) is 0 Å². The van der Waals surface area contributed by atoms with Gasteiger partial charge in [0.1, 0.15) is 11.1 Å². The summed E-state index contributed by atoms with van der Waals surface area (Å²) in [6.07, 6.45) is 2.92. The summed E-state index contributed by atoms with van der Waals surface area (Å²) in [6.45, 7) is 3.98. The van der Waals surface area contributed by atoms with Gasteiger partial charge in [0.2, 0.25) is 5.78 Å². The van der Waals surface area contributed by atoms with Crippen molar-refractivity contribution in [2.24, 2.45) is 0 Å². The standard InChI is InChI=1S/C10H10N2O2S/c1-6(2)8-10(15-12-11-8)9(13)7-3-4-14-5-7/h3-6H,1-2H3. The SMILES string of the molecule is CC(C)c1nnsc1C(=O)c1ccoc1. The van der Waals surface area contributed by atoms with Crippen LogP contribution in [0.4, 0.5) is 0 Å². The zero-order chi connectivity index (χ0) is 10.8. The van der Waals surface area contributed by atoms with Gasteiger partial charge in [-0.1, -0.05) is 18.3 Å². The summed E-state index contributed by atoms with van der Waals surface area (Å²) in [7, 11) is 0. The van der Waals surface area contributed by atoms with Gasteiger partial charge in [0.15, 0.2) is 0 Å². The molecule has 5 heteroatoms. The van der Waals surface area contributed by atoms with Gasteiger partial charge in [0, 0.05) is 0 Å². The van der Waals surface area contributed by atoms with Gasteiger partial charge < -0.3 is 4.42 Å². The molecule has 0 amide bonds. The van der Waals surface area contributed by atoms with Crippen molar-refractivity contribution in [3.8, 4) is 0 Å². The van der Waals surface area contributed by atoms with Crippen molar-refractivity contribution < 1.29 is 9.21 Å². The highest BCUT2D eigenvalue weighted by Gasteiger charge is 2.20. The Hall–Kier alpha value is -1.49. The molecule has 0 saturated heterocycles. The Labute approximate surface area is 91.1 Å². The van der Waals surface area contributed by atoms with Crippen LogP contribution >= 0.6 is 11.5 Å². The molecule has 2 aromatic heterocycles. The molecule has 0 aliphatic heterocycles. The molecule has 0 radical (unpaired) electrons. The van der Waals surface area contributed by atoms with Crippen molar-refractivity contribution >= 4 is 17.3 Å². The average Bonchev–Trinajstić information content (AvgIpc) is 2.88. The highest BCUT2D eigenvalue weighted by atomic mass is 32.1. The van der Waals surface area contributed by atoms with Gasteiger partial charge in [0.25, 0.3) is 0 Å². The van der Waals surface area contributed by atoms with Crippen LogP contribution in [0.1, 0.15) is 40.7 Å². The summed E-state index contributed by atoms with van der Waals surface area (Å²) in [5.74, 6) is 0.136. The van der Waals surface area contributed by atoms with Crippen LogP contribution in [0.2, 0.25) is 0 Å². The molecule has 4 nitrogen and oxygen atoms in total. The Kier molecular flexibility index (Phi) is 2.64. The van der Waals surface area contributed by atoms with Crippen LogP contribution in [0.25, 0.3) is 0 Å². The highest BCUT2D eigenvalue weighted by molar-refractivity contribution is 7.08. The predicted molar refractivity (Wildman–Crippen MR) is 56.1 cm³/mol. The number of ketones is 1. The molecule has 0 saturated carbocycles. The number of aromatic nitrogens is 2. The summed E-state index contributed by atoms with van der Waals surface area (Å²) < 4.78 is 8.69. The minimum Gasteiger partial charge on any atom is -0.472 e. The molecular weight excluding hydrogens is 212 g/mol. The lowest BCUT2D eigenvalue weighted by Crippen LogP contribution is -2.02. The van der Waals surface area contributed by atoms with E-state index in [0.29, 0.717) is 10.4 Å². The second kappa shape index (κ2) is 3.94. The van der Waals surface area contributed by atoms with Gasteiger partial charge in [0.05, 0.1) is 17.5 Å². The molecule has 2 aromatic rings. The molecule has 0 bridgehead atoms. The van der Waals surface area contributed by atoms with Crippen LogP contribution in [0.15, 0.2) is 23.0 Å². The molecule has 0 atom stereocenters. The van der Waals surface area contributed by atoms with Crippen molar-refractivity contribution in [3.05, 3.63) is 34.7 Å². The van der Waals surface area contributed by atoms with Gasteiger partial charge in [-0.2, -0.15) is 0 Å². The minimum absolute atomic E-state index is 0.0672. The van der Waals surface area contributed by atoms with Crippen molar-refractivity contribution in [2.45, 2.75) is 19.8 Å². The average molecular weight is 222 g/mol. The van der Waals surface area contributed by atoms with Gasteiger partial charge in [-0.05, 0) is 23.5 Å². The van der Waals surface area contributed by atoms with Crippen molar-refractivity contribution in [2.75, 3.05) is 0 Å². The van der Waals surface area contributed by atoms with Gasteiger partial charge in [-0.15, -0.1) is 5.10 Å². The van der Waals surface area contributed by atoms with Gasteiger partial charge in [-0.3, -0.25) is 4.79 Å². The smallest absolute Gasteiger partial charge is 0.209 e. The summed E-state index contributed by atoms with van der Waals surface area (Å²) >= 11 is 1.13. The summed E-state index contributed by atoms with van der Waals surface area (Å²) in [5, 5.41) is 3.96. The van der Waals surface area contributed by atoms with E-state index in [1.165, 1.54) is 12.5 Å². The van der Waals surface area contributed by atoms with E-state index < -0.39 is 0 Å². The molecule has 0 aliphatic carbocycles. The topological polar surface area (TPSA) is 56.0 Å². The first-order valence-electron chi connectivity index (χ1n) is 4.59. The summed E-state index contributed by atoms with van der Waals surface area (Å²) in [4.78, 5) is 12.6. The predicted octanol–water partition coefficient (Wildman–Crippen LogP) is 2.49. The van der Waals surface area contributed by atoms with E-state index >= 15 is 0 Å². The molecule has 78 valence electrons. The third kappa shape index (κ3) is 1.83. The van der Waals surface area contributed by atoms with Crippen LogP contribution in [-0.2, 0) is 0 Å². The third-order valence-electron chi connectivity index (χ3n) is 2.05. The first-order chi connectivity index (χ1) is 7.20. The Morgan fingerprint density at radius 2 is 2.33 bits per heavy atom. The lowest BCUT2D eigenvalue weighted by atomic mass is 10.1. The van der Waals surface area contributed by atoms with Crippen LogP contribution < -0.4 is 0 Å². The lowest BCUT2D eigenvalue weighted by Gasteiger charge is -2.00. The summed E-state index contributed by atoms with van der Waals surface area (Å²) in [6, 6.07) is 1.64. The fraction of sp³-hybridized carbons (Fsp3) is 0.300.